The fourth-order valence-electron chi connectivity index (χ4n) is 3.36. The Morgan fingerprint density at radius 1 is 1.13 bits per heavy atom. The van der Waals surface area contributed by atoms with Crippen LogP contribution in [0.5, 0.6) is 0 Å². The summed E-state index contributed by atoms with van der Waals surface area (Å²) in [7, 11) is 0. The van der Waals surface area contributed by atoms with Crippen LogP contribution in [0, 0.1) is 0 Å². The van der Waals surface area contributed by atoms with Gasteiger partial charge in [0, 0.05) is 18.7 Å². The minimum atomic E-state index is -4.50. The molecule has 1 fully saturated rings. The van der Waals surface area contributed by atoms with E-state index < -0.39 is 11.7 Å². The van der Waals surface area contributed by atoms with Gasteiger partial charge in [0.15, 0.2) is 0 Å². The molecule has 156 valence electrons. The highest BCUT2D eigenvalue weighted by atomic mass is 19.4. The van der Waals surface area contributed by atoms with Gasteiger partial charge in [-0.1, -0.05) is 24.3 Å². The first-order chi connectivity index (χ1) is 14.4. The molecule has 30 heavy (non-hydrogen) atoms. The molecule has 2 N–H and O–H groups in total. The molecule has 3 aromatic rings. The molecule has 0 unspecified atom stereocenters. The van der Waals surface area contributed by atoms with E-state index in [0.717, 1.165) is 17.4 Å². The minimum absolute atomic E-state index is 0.0412. The number of alkyl halides is 3. The Morgan fingerprint density at radius 3 is 2.70 bits per heavy atom. The number of para-hydroxylation sites is 2. The Kier molecular flexibility index (Phi) is 5.35. The summed E-state index contributed by atoms with van der Waals surface area (Å²) in [6.45, 7) is 1.78. The van der Waals surface area contributed by atoms with Crippen LogP contribution in [0.3, 0.4) is 0 Å². The highest BCUT2D eigenvalue weighted by molar-refractivity contribution is 5.84. The van der Waals surface area contributed by atoms with E-state index in [1.807, 2.05) is 29.2 Å². The van der Waals surface area contributed by atoms with Gasteiger partial charge < -0.3 is 20.0 Å². The van der Waals surface area contributed by atoms with Gasteiger partial charge in [-0.2, -0.15) is 13.2 Å². The summed E-state index contributed by atoms with van der Waals surface area (Å²) in [4.78, 5) is 17.9. The van der Waals surface area contributed by atoms with Crippen molar-refractivity contribution in [3.63, 3.8) is 0 Å². The lowest BCUT2D eigenvalue weighted by Gasteiger charge is -2.30. The highest BCUT2D eigenvalue weighted by Crippen LogP contribution is 2.36. The second-order valence-corrected chi connectivity index (χ2v) is 6.83. The zero-order valence-electron chi connectivity index (χ0n) is 15.9. The van der Waals surface area contributed by atoms with E-state index in [2.05, 4.69) is 15.6 Å². The molecule has 9 heteroatoms. The summed E-state index contributed by atoms with van der Waals surface area (Å²) in [6, 6.07) is 12.7. The first-order valence-corrected chi connectivity index (χ1v) is 9.37. The second kappa shape index (κ2) is 8.10. The molecule has 1 aliphatic heterocycles. The lowest BCUT2D eigenvalue weighted by Crippen LogP contribution is -2.47. The van der Waals surface area contributed by atoms with E-state index in [1.54, 1.807) is 0 Å². The molecule has 0 aliphatic carbocycles. The number of carbonyl (C=O) groups is 1. The topological polar surface area (TPSA) is 70.4 Å². The summed E-state index contributed by atoms with van der Waals surface area (Å²) < 4.78 is 45.1. The number of carbonyl (C=O) groups excluding carboxylic acids is 1. The highest BCUT2D eigenvalue weighted by Gasteiger charge is 2.34. The third-order valence-electron chi connectivity index (χ3n) is 4.76. The van der Waals surface area contributed by atoms with Crippen molar-refractivity contribution >= 4 is 17.3 Å². The Hall–Kier alpha value is -3.49. The van der Waals surface area contributed by atoms with E-state index >= 15 is 0 Å². The number of nitrogens with zero attached hydrogens (tertiary/aromatic N) is 2. The lowest BCUT2D eigenvalue weighted by molar-refractivity contribution is -0.137. The van der Waals surface area contributed by atoms with Crippen LogP contribution in [0.1, 0.15) is 11.3 Å². The van der Waals surface area contributed by atoms with E-state index in [9.17, 15) is 18.0 Å². The van der Waals surface area contributed by atoms with Gasteiger partial charge in [-0.3, -0.25) is 4.79 Å². The molecule has 2 heterocycles. The quantitative estimate of drug-likeness (QED) is 0.660. The smallest absolute Gasteiger partial charge is 0.417 e. The van der Waals surface area contributed by atoms with Crippen molar-refractivity contribution in [3.05, 3.63) is 66.1 Å². The van der Waals surface area contributed by atoms with E-state index in [1.165, 1.54) is 24.5 Å². The van der Waals surface area contributed by atoms with Crippen LogP contribution >= 0.6 is 0 Å². The van der Waals surface area contributed by atoms with Crippen LogP contribution in [0.15, 0.2) is 59.2 Å². The summed E-state index contributed by atoms with van der Waals surface area (Å²) in [5.41, 5.74) is 1.25. The number of rotatable bonds is 5. The van der Waals surface area contributed by atoms with Crippen LogP contribution in [-0.4, -0.2) is 30.5 Å². The van der Waals surface area contributed by atoms with Gasteiger partial charge in [0.05, 0.1) is 35.7 Å². The molecule has 6 nitrogen and oxygen atoms in total. The number of aromatic nitrogens is 1. The molecular formula is C21H19F3N4O2. The van der Waals surface area contributed by atoms with Gasteiger partial charge >= 0.3 is 6.18 Å². The summed E-state index contributed by atoms with van der Waals surface area (Å²) in [5.74, 6) is -0.124. The van der Waals surface area contributed by atoms with Crippen LogP contribution in [0.2, 0.25) is 0 Å². The first-order valence-electron chi connectivity index (χ1n) is 9.37. The molecule has 0 bridgehead atoms. The molecule has 0 saturated carbocycles. The van der Waals surface area contributed by atoms with Crippen LogP contribution in [0.25, 0.3) is 11.5 Å². The number of nitrogens with one attached hydrogen (secondary N) is 2. The summed E-state index contributed by atoms with van der Waals surface area (Å²) >= 11 is 0. The number of hydrogen-bond acceptors (Lipinski definition) is 5. The van der Waals surface area contributed by atoms with Crippen molar-refractivity contribution < 1.29 is 22.4 Å². The average molecular weight is 416 g/mol. The van der Waals surface area contributed by atoms with Crippen molar-refractivity contribution in [2.75, 3.05) is 29.9 Å². The molecule has 1 saturated heterocycles. The SMILES string of the molecule is O=C1CN(c2ccccc2NCc2coc(-c3ccccc3C(F)(F)F)n2)CCN1. The maximum absolute atomic E-state index is 13.2. The predicted octanol–water partition coefficient (Wildman–Crippen LogP) is 3.91. The van der Waals surface area contributed by atoms with E-state index in [0.29, 0.717) is 18.8 Å². The fraction of sp³-hybridized carbons (Fsp3) is 0.238. The zero-order chi connectivity index (χ0) is 21.1. The Labute approximate surface area is 170 Å². The van der Waals surface area contributed by atoms with Crippen molar-refractivity contribution in [2.45, 2.75) is 12.7 Å². The Morgan fingerprint density at radius 2 is 1.90 bits per heavy atom. The monoisotopic (exact) mass is 416 g/mol. The standard InChI is InChI=1S/C21H19F3N4O2/c22-21(23,24)16-6-2-1-5-15(16)20-27-14(13-30-20)11-26-17-7-3-4-8-18(17)28-10-9-25-19(29)12-28/h1-8,13,26H,9-12H2,(H,25,29). The molecule has 1 amide bonds. The van der Waals surface area contributed by atoms with Crippen molar-refractivity contribution in [2.24, 2.45) is 0 Å². The van der Waals surface area contributed by atoms with Gasteiger partial charge in [-0.15, -0.1) is 0 Å². The Bertz CT molecular complexity index is 1050. The normalized spacial score (nSPS) is 14.5. The molecule has 4 rings (SSSR count). The third-order valence-corrected chi connectivity index (χ3v) is 4.76. The van der Waals surface area contributed by atoms with Gasteiger partial charge in [0.1, 0.15) is 6.26 Å². The Balaban J connectivity index is 1.51. The molecule has 0 spiro atoms. The van der Waals surface area contributed by atoms with Gasteiger partial charge in [-0.05, 0) is 24.3 Å². The van der Waals surface area contributed by atoms with E-state index in [4.69, 9.17) is 4.42 Å². The number of amides is 1. The molecular weight excluding hydrogens is 397 g/mol. The maximum atomic E-state index is 13.2. The molecule has 1 aliphatic rings. The summed E-state index contributed by atoms with van der Waals surface area (Å²) in [6.07, 6.45) is -3.16. The van der Waals surface area contributed by atoms with Gasteiger partial charge in [-0.25, -0.2) is 4.98 Å². The van der Waals surface area contributed by atoms with Crippen molar-refractivity contribution in [3.8, 4) is 11.5 Å². The number of piperazine rings is 1. The van der Waals surface area contributed by atoms with Crippen molar-refractivity contribution in [1.82, 2.24) is 10.3 Å². The second-order valence-electron chi connectivity index (χ2n) is 6.83. The molecule has 1 aromatic heterocycles. The van der Waals surface area contributed by atoms with Crippen molar-refractivity contribution in [1.29, 1.82) is 0 Å². The van der Waals surface area contributed by atoms with Gasteiger partial charge in [0.2, 0.25) is 11.8 Å². The number of hydrogen-bond donors (Lipinski definition) is 2. The van der Waals surface area contributed by atoms with Crippen LogP contribution in [0.4, 0.5) is 24.5 Å². The third kappa shape index (κ3) is 4.24. The largest absolute Gasteiger partial charge is 0.444 e. The molecule has 0 atom stereocenters. The number of halogens is 3. The number of anilines is 2. The van der Waals surface area contributed by atoms with Crippen LogP contribution < -0.4 is 15.5 Å². The molecule has 2 aromatic carbocycles. The van der Waals surface area contributed by atoms with Gasteiger partial charge in [0.25, 0.3) is 0 Å². The lowest BCUT2D eigenvalue weighted by atomic mass is 10.1. The zero-order valence-corrected chi connectivity index (χ0v) is 15.9. The minimum Gasteiger partial charge on any atom is -0.444 e. The number of benzene rings is 2. The molecule has 0 radical (unpaired) electrons. The first kappa shape index (κ1) is 19.8. The van der Waals surface area contributed by atoms with Crippen LogP contribution in [-0.2, 0) is 17.5 Å². The average Bonchev–Trinajstić information content (AvgIpc) is 3.21. The summed E-state index contributed by atoms with van der Waals surface area (Å²) in [5, 5.41) is 6.02. The van der Waals surface area contributed by atoms with E-state index in [-0.39, 0.29) is 30.5 Å². The predicted molar refractivity (Wildman–Crippen MR) is 106 cm³/mol. The fourth-order valence-corrected chi connectivity index (χ4v) is 3.36. The number of oxazole rings is 1. The maximum Gasteiger partial charge on any atom is 0.417 e.